The lowest BCUT2D eigenvalue weighted by Crippen LogP contribution is -2.26. The molecule has 0 saturated heterocycles. The molecule has 2 N–H and O–H groups in total. The van der Waals surface area contributed by atoms with E-state index in [1.54, 1.807) is 24.5 Å². The highest BCUT2D eigenvalue weighted by Crippen LogP contribution is 2.19. The van der Waals surface area contributed by atoms with Gasteiger partial charge in [0.05, 0.1) is 5.02 Å². The lowest BCUT2D eigenvalue weighted by Gasteiger charge is -2.12. The van der Waals surface area contributed by atoms with Crippen molar-refractivity contribution in [2.24, 2.45) is 5.73 Å². The van der Waals surface area contributed by atoms with Gasteiger partial charge in [0.15, 0.2) is 0 Å². The van der Waals surface area contributed by atoms with E-state index in [9.17, 15) is 4.39 Å². The van der Waals surface area contributed by atoms with Crippen LogP contribution in [0.15, 0.2) is 42.7 Å². The number of halogens is 2. The molecule has 4 heteroatoms. The van der Waals surface area contributed by atoms with Crippen LogP contribution in [0.1, 0.15) is 11.1 Å². The van der Waals surface area contributed by atoms with Crippen molar-refractivity contribution in [3.63, 3.8) is 0 Å². The maximum absolute atomic E-state index is 13.7. The molecule has 1 aromatic carbocycles. The highest BCUT2D eigenvalue weighted by molar-refractivity contribution is 6.30. The summed E-state index contributed by atoms with van der Waals surface area (Å²) in [5.41, 5.74) is 7.62. The van der Waals surface area contributed by atoms with Crippen molar-refractivity contribution in [1.29, 1.82) is 0 Å². The standard InChI is InChI=1S/C14H14ClFN2/c15-13-5-1-4-11(14(13)16)8-12(17)7-10-3-2-6-18-9-10/h1-6,9,12H,7-8,17H2. The van der Waals surface area contributed by atoms with E-state index in [0.29, 0.717) is 18.4 Å². The van der Waals surface area contributed by atoms with Crippen LogP contribution in [0.3, 0.4) is 0 Å². The van der Waals surface area contributed by atoms with E-state index < -0.39 is 0 Å². The Balaban J connectivity index is 2.03. The summed E-state index contributed by atoms with van der Waals surface area (Å²) >= 11 is 5.73. The van der Waals surface area contributed by atoms with Gasteiger partial charge in [-0.15, -0.1) is 0 Å². The summed E-state index contributed by atoms with van der Waals surface area (Å²) in [6.07, 6.45) is 4.61. The number of pyridine rings is 1. The third kappa shape index (κ3) is 3.28. The van der Waals surface area contributed by atoms with Crippen LogP contribution in [-0.4, -0.2) is 11.0 Å². The quantitative estimate of drug-likeness (QED) is 0.922. The van der Waals surface area contributed by atoms with Gasteiger partial charge in [0.2, 0.25) is 0 Å². The number of hydrogen-bond donors (Lipinski definition) is 1. The number of nitrogens with two attached hydrogens (primary N) is 1. The Bertz CT molecular complexity index is 516. The van der Waals surface area contributed by atoms with Gasteiger partial charge >= 0.3 is 0 Å². The average Bonchev–Trinajstić information content (AvgIpc) is 2.36. The van der Waals surface area contributed by atoms with E-state index in [0.717, 1.165) is 5.56 Å². The topological polar surface area (TPSA) is 38.9 Å². The highest BCUT2D eigenvalue weighted by Gasteiger charge is 2.11. The summed E-state index contributed by atoms with van der Waals surface area (Å²) < 4.78 is 13.7. The molecule has 1 heterocycles. The molecule has 0 fully saturated rings. The normalized spacial score (nSPS) is 12.4. The summed E-state index contributed by atoms with van der Waals surface area (Å²) in [5.74, 6) is -0.374. The molecule has 1 atom stereocenters. The van der Waals surface area contributed by atoms with Crippen molar-refractivity contribution in [1.82, 2.24) is 4.98 Å². The molecule has 94 valence electrons. The van der Waals surface area contributed by atoms with Crippen LogP contribution in [0.25, 0.3) is 0 Å². The second-order valence-corrected chi connectivity index (χ2v) is 4.65. The first kappa shape index (κ1) is 13.0. The maximum Gasteiger partial charge on any atom is 0.145 e. The molecule has 2 rings (SSSR count). The Labute approximate surface area is 111 Å². The van der Waals surface area contributed by atoms with E-state index in [2.05, 4.69) is 4.98 Å². The molecule has 2 aromatic rings. The van der Waals surface area contributed by atoms with Crippen molar-refractivity contribution in [2.45, 2.75) is 18.9 Å². The third-order valence-electron chi connectivity index (χ3n) is 2.73. The Morgan fingerprint density at radius 2 is 2.06 bits per heavy atom. The van der Waals surface area contributed by atoms with Crippen molar-refractivity contribution < 1.29 is 4.39 Å². The summed E-state index contributed by atoms with van der Waals surface area (Å²) in [4.78, 5) is 4.03. The van der Waals surface area contributed by atoms with Crippen LogP contribution in [-0.2, 0) is 12.8 Å². The first-order valence-electron chi connectivity index (χ1n) is 5.74. The zero-order chi connectivity index (χ0) is 13.0. The van der Waals surface area contributed by atoms with E-state index >= 15 is 0 Å². The Hall–Kier alpha value is -1.45. The van der Waals surface area contributed by atoms with E-state index in [4.69, 9.17) is 17.3 Å². The van der Waals surface area contributed by atoms with Gasteiger partial charge in [0, 0.05) is 18.4 Å². The first-order valence-corrected chi connectivity index (χ1v) is 6.12. The minimum absolute atomic E-state index is 0.140. The fourth-order valence-corrected chi connectivity index (χ4v) is 2.08. The number of benzene rings is 1. The minimum atomic E-state index is -0.374. The summed E-state index contributed by atoms with van der Waals surface area (Å²) in [6.45, 7) is 0. The highest BCUT2D eigenvalue weighted by atomic mass is 35.5. The lowest BCUT2D eigenvalue weighted by molar-refractivity contribution is 0.584. The zero-order valence-corrected chi connectivity index (χ0v) is 10.6. The predicted molar refractivity (Wildman–Crippen MR) is 71.0 cm³/mol. The summed E-state index contributed by atoms with van der Waals surface area (Å²) in [7, 11) is 0. The van der Waals surface area contributed by atoms with Gasteiger partial charge in [-0.3, -0.25) is 4.98 Å². The van der Waals surface area contributed by atoms with Crippen LogP contribution in [0.5, 0.6) is 0 Å². The molecular weight excluding hydrogens is 251 g/mol. The number of nitrogens with zero attached hydrogens (tertiary/aromatic N) is 1. The molecule has 0 bridgehead atoms. The minimum Gasteiger partial charge on any atom is -0.327 e. The number of rotatable bonds is 4. The van der Waals surface area contributed by atoms with Crippen LogP contribution < -0.4 is 5.73 Å². The molecule has 0 radical (unpaired) electrons. The average molecular weight is 265 g/mol. The molecule has 0 saturated carbocycles. The lowest BCUT2D eigenvalue weighted by atomic mass is 10.0. The molecule has 0 aliphatic rings. The molecule has 0 spiro atoms. The Kier molecular flexibility index (Phi) is 4.28. The molecule has 0 aliphatic heterocycles. The van der Waals surface area contributed by atoms with E-state index in [1.807, 2.05) is 12.1 Å². The van der Waals surface area contributed by atoms with Crippen molar-refractivity contribution in [2.75, 3.05) is 0 Å². The van der Waals surface area contributed by atoms with Crippen LogP contribution in [0, 0.1) is 5.82 Å². The molecule has 2 nitrogen and oxygen atoms in total. The zero-order valence-electron chi connectivity index (χ0n) is 9.81. The van der Waals surface area contributed by atoms with Gasteiger partial charge in [-0.1, -0.05) is 29.8 Å². The summed E-state index contributed by atoms with van der Waals surface area (Å²) in [6, 6.07) is 8.65. The first-order chi connectivity index (χ1) is 8.66. The largest absolute Gasteiger partial charge is 0.327 e. The van der Waals surface area contributed by atoms with Crippen molar-refractivity contribution in [3.05, 3.63) is 64.7 Å². The Morgan fingerprint density at radius 1 is 1.22 bits per heavy atom. The van der Waals surface area contributed by atoms with Gasteiger partial charge in [-0.2, -0.15) is 0 Å². The van der Waals surface area contributed by atoms with Crippen LogP contribution >= 0.6 is 11.6 Å². The van der Waals surface area contributed by atoms with E-state index in [-0.39, 0.29) is 16.9 Å². The second kappa shape index (κ2) is 5.94. The van der Waals surface area contributed by atoms with Gasteiger partial charge in [-0.25, -0.2) is 4.39 Å². The second-order valence-electron chi connectivity index (χ2n) is 4.24. The molecule has 0 amide bonds. The maximum atomic E-state index is 13.7. The number of aromatic nitrogens is 1. The molecule has 0 aliphatic carbocycles. The van der Waals surface area contributed by atoms with Crippen molar-refractivity contribution >= 4 is 11.6 Å². The number of hydrogen-bond acceptors (Lipinski definition) is 2. The molecular formula is C14H14ClFN2. The molecule has 1 aromatic heterocycles. The van der Waals surface area contributed by atoms with Crippen LogP contribution in [0.4, 0.5) is 4.39 Å². The monoisotopic (exact) mass is 264 g/mol. The fraction of sp³-hybridized carbons (Fsp3) is 0.214. The van der Waals surface area contributed by atoms with Gasteiger partial charge in [0.25, 0.3) is 0 Å². The molecule has 18 heavy (non-hydrogen) atoms. The Morgan fingerprint density at radius 3 is 2.78 bits per heavy atom. The van der Waals surface area contributed by atoms with Gasteiger partial charge < -0.3 is 5.73 Å². The third-order valence-corrected chi connectivity index (χ3v) is 3.03. The van der Waals surface area contributed by atoms with Crippen molar-refractivity contribution in [3.8, 4) is 0 Å². The predicted octanol–water partition coefficient (Wildman–Crippen LogP) is 2.99. The van der Waals surface area contributed by atoms with E-state index in [1.165, 1.54) is 6.07 Å². The SMILES string of the molecule is NC(Cc1cccnc1)Cc1cccc(Cl)c1F. The van der Waals surface area contributed by atoms with Gasteiger partial charge in [0.1, 0.15) is 5.82 Å². The fourth-order valence-electron chi connectivity index (χ4n) is 1.88. The molecule has 1 unspecified atom stereocenters. The van der Waals surface area contributed by atoms with Gasteiger partial charge in [-0.05, 0) is 36.1 Å². The van der Waals surface area contributed by atoms with Crippen LogP contribution in [0.2, 0.25) is 5.02 Å². The smallest absolute Gasteiger partial charge is 0.145 e. The summed E-state index contributed by atoms with van der Waals surface area (Å²) in [5, 5.41) is 0.140.